The van der Waals surface area contributed by atoms with Gasteiger partial charge in [-0.1, -0.05) is 279 Å². The smallest absolute Gasteiger partial charge is 0.143 e. The maximum absolute atomic E-state index is 6.60. The van der Waals surface area contributed by atoms with Crippen molar-refractivity contribution in [1.82, 2.24) is 0 Å². The van der Waals surface area contributed by atoms with Crippen molar-refractivity contribution in [3.8, 4) is 66.8 Å². The number of furan rings is 4. The summed E-state index contributed by atoms with van der Waals surface area (Å²) in [6, 6.07) is 122. The van der Waals surface area contributed by atoms with Gasteiger partial charge in [0.05, 0.1) is 0 Å². The van der Waals surface area contributed by atoms with Crippen LogP contribution in [0.4, 0.5) is 0 Å². The molecule has 0 aliphatic rings. The fourth-order valence-electron chi connectivity index (χ4n) is 16.5. The number of rotatable bonds is 6. The van der Waals surface area contributed by atoms with Crippen molar-refractivity contribution in [2.45, 2.75) is 0 Å². The Morgan fingerprint density at radius 3 is 0.820 bits per heavy atom. The Hall–Kier alpha value is -13.3. The van der Waals surface area contributed by atoms with Crippen LogP contribution in [0.1, 0.15) is 0 Å². The van der Waals surface area contributed by atoms with Gasteiger partial charge in [-0.3, -0.25) is 0 Å². The summed E-state index contributed by atoms with van der Waals surface area (Å²) in [5, 5.41) is 23.6. The standard InChI is InChI=1S/2C48H28O2/c1-2-14-30-29(12-1)13-7-19-35(30)46-36-20-8-17-31(38-22-10-24-40-33-15-3-5-26-44(33)49-47(38)40)42(36)28-43-32(18-9-21-37(43)46)39-23-11-25-41-34-16-4-6-27-45(34)50-48(39)41;1-2-12-32-29(10-1)11-7-17-39(32)48-40-18-8-15-33(30-22-24-37-35-13-3-5-20-44(35)49-46(37)26-30)42(40)28-43-34(16-9-19-41(43)48)31-23-25-38-36-14-4-6-21-45(36)50-47(38)27-31/h2*1-28H. The lowest BCUT2D eigenvalue weighted by molar-refractivity contribution is 0.668. The third kappa shape index (κ3) is 8.60. The molecule has 0 bridgehead atoms. The molecule has 22 rings (SSSR count). The van der Waals surface area contributed by atoms with Gasteiger partial charge in [0.1, 0.15) is 44.7 Å². The molecule has 0 aliphatic heterocycles. The van der Waals surface area contributed by atoms with E-state index in [4.69, 9.17) is 17.7 Å². The number of benzene rings is 18. The topological polar surface area (TPSA) is 52.6 Å². The number of hydrogen-bond acceptors (Lipinski definition) is 4. The Bertz CT molecular complexity index is 6820. The van der Waals surface area contributed by atoms with Gasteiger partial charge < -0.3 is 17.7 Å². The first-order valence-corrected chi connectivity index (χ1v) is 34.2. The van der Waals surface area contributed by atoms with Gasteiger partial charge in [0.2, 0.25) is 0 Å². The minimum atomic E-state index is 0.899. The molecule has 0 radical (unpaired) electrons. The second-order valence-corrected chi connectivity index (χ2v) is 26.3. The second kappa shape index (κ2) is 22.1. The molecule has 18 aromatic carbocycles. The van der Waals surface area contributed by atoms with Crippen LogP contribution in [0.3, 0.4) is 0 Å². The molecule has 4 nitrogen and oxygen atoms in total. The van der Waals surface area contributed by atoms with E-state index in [1.807, 2.05) is 36.4 Å². The van der Waals surface area contributed by atoms with Crippen molar-refractivity contribution in [3.63, 3.8) is 0 Å². The molecule has 0 spiro atoms. The summed E-state index contributed by atoms with van der Waals surface area (Å²) >= 11 is 0. The molecule has 0 aliphatic carbocycles. The quantitative estimate of drug-likeness (QED) is 0.156. The van der Waals surface area contributed by atoms with Gasteiger partial charge in [-0.05, 0) is 181 Å². The number of hydrogen-bond donors (Lipinski definition) is 0. The molecule has 0 fully saturated rings. The Morgan fingerprint density at radius 2 is 0.410 bits per heavy atom. The molecule has 0 atom stereocenters. The van der Waals surface area contributed by atoms with Crippen LogP contribution >= 0.6 is 0 Å². The molecule has 0 saturated carbocycles. The monoisotopic (exact) mass is 1270 g/mol. The molecule has 0 unspecified atom stereocenters. The lowest BCUT2D eigenvalue weighted by atomic mass is 9.85. The molecule has 0 amide bonds. The van der Waals surface area contributed by atoms with Gasteiger partial charge in [-0.25, -0.2) is 0 Å². The number of fused-ring (bicyclic) bond motifs is 18. The fourth-order valence-corrected chi connectivity index (χ4v) is 16.5. The second-order valence-electron chi connectivity index (χ2n) is 26.3. The molecule has 4 heterocycles. The van der Waals surface area contributed by atoms with Crippen molar-refractivity contribution in [2.24, 2.45) is 0 Å². The van der Waals surface area contributed by atoms with Crippen molar-refractivity contribution in [1.29, 1.82) is 0 Å². The van der Waals surface area contributed by atoms with Crippen LogP contribution in [-0.4, -0.2) is 0 Å². The van der Waals surface area contributed by atoms with Gasteiger partial charge >= 0.3 is 0 Å². The summed E-state index contributed by atoms with van der Waals surface area (Å²) in [4.78, 5) is 0. The predicted molar refractivity (Wildman–Crippen MR) is 420 cm³/mol. The van der Waals surface area contributed by atoms with E-state index >= 15 is 0 Å². The first-order valence-electron chi connectivity index (χ1n) is 34.2. The van der Waals surface area contributed by atoms with E-state index in [9.17, 15) is 0 Å². The van der Waals surface area contributed by atoms with E-state index in [0.717, 1.165) is 121 Å². The fraction of sp³-hybridized carbons (Fsp3) is 0. The summed E-state index contributed by atoms with van der Waals surface area (Å²) < 4.78 is 25.9. The molecule has 4 heteroatoms. The largest absolute Gasteiger partial charge is 0.456 e. The van der Waals surface area contributed by atoms with Gasteiger partial charge in [-0.15, -0.1) is 0 Å². The van der Waals surface area contributed by atoms with Crippen molar-refractivity contribution in [3.05, 3.63) is 340 Å². The summed E-state index contributed by atoms with van der Waals surface area (Å²) in [7, 11) is 0. The van der Waals surface area contributed by atoms with Crippen LogP contribution in [0.2, 0.25) is 0 Å². The van der Waals surface area contributed by atoms with Gasteiger partial charge in [0, 0.05) is 54.2 Å². The van der Waals surface area contributed by atoms with Gasteiger partial charge in [0.25, 0.3) is 0 Å². The van der Waals surface area contributed by atoms with Crippen molar-refractivity contribution in [2.75, 3.05) is 0 Å². The molecule has 100 heavy (non-hydrogen) atoms. The highest BCUT2D eigenvalue weighted by Crippen LogP contribution is 2.50. The van der Waals surface area contributed by atoms with Gasteiger partial charge in [0.15, 0.2) is 0 Å². The molecule has 464 valence electrons. The minimum absolute atomic E-state index is 0.899. The van der Waals surface area contributed by atoms with Crippen LogP contribution in [-0.2, 0) is 0 Å². The van der Waals surface area contributed by atoms with E-state index in [1.165, 1.54) is 98.0 Å². The van der Waals surface area contributed by atoms with E-state index in [1.54, 1.807) is 0 Å². The average Bonchev–Trinajstić information content (AvgIpc) is 0.882. The van der Waals surface area contributed by atoms with Crippen LogP contribution in [0, 0.1) is 0 Å². The Balaban J connectivity index is 0.000000131. The molecule has 22 aromatic rings. The third-order valence-corrected chi connectivity index (χ3v) is 21.0. The van der Waals surface area contributed by atoms with E-state index in [0.29, 0.717) is 0 Å². The van der Waals surface area contributed by atoms with Crippen LogP contribution in [0.25, 0.3) is 219 Å². The maximum Gasteiger partial charge on any atom is 0.143 e. The summed E-state index contributed by atoms with van der Waals surface area (Å²) in [6.07, 6.45) is 0. The summed E-state index contributed by atoms with van der Waals surface area (Å²) in [6.45, 7) is 0. The Morgan fingerprint density at radius 1 is 0.140 bits per heavy atom. The zero-order chi connectivity index (χ0) is 65.5. The first kappa shape index (κ1) is 55.9. The molecule has 0 saturated heterocycles. The van der Waals surface area contributed by atoms with Crippen molar-refractivity contribution < 1.29 is 17.7 Å². The first-order chi connectivity index (χ1) is 49.6. The lowest BCUT2D eigenvalue weighted by Gasteiger charge is -2.18. The SMILES string of the molecule is c1ccc2c(-c3c4cccc(-c5ccc6c(c5)oc5ccccc56)c4cc4c(-c5ccc6c(c5)oc5ccccc56)cccc34)cccc2c1.c1ccc2c(-c3c4cccc(-c5cccc6c5oc5ccccc56)c4cc4c(-c5cccc6c5oc5ccccc56)cccc34)cccc2c1. The van der Waals surface area contributed by atoms with Gasteiger partial charge in [-0.2, -0.15) is 0 Å². The zero-order valence-corrected chi connectivity index (χ0v) is 54.0. The van der Waals surface area contributed by atoms with Crippen LogP contribution in [0.5, 0.6) is 0 Å². The lowest BCUT2D eigenvalue weighted by Crippen LogP contribution is -1.91. The Kier molecular flexibility index (Phi) is 12.4. The third-order valence-electron chi connectivity index (χ3n) is 21.0. The predicted octanol–water partition coefficient (Wildman–Crippen LogP) is 27.9. The molecule has 0 N–H and O–H groups in total. The zero-order valence-electron chi connectivity index (χ0n) is 54.0. The summed E-state index contributed by atoms with van der Waals surface area (Å²) in [5.74, 6) is 0. The minimum Gasteiger partial charge on any atom is -0.456 e. The van der Waals surface area contributed by atoms with E-state index < -0.39 is 0 Å². The normalized spacial score (nSPS) is 12.0. The molecular weight excluding hydrogens is 1220 g/mol. The molecular formula is C96H56O4. The van der Waals surface area contributed by atoms with E-state index in [2.05, 4.69) is 303 Å². The van der Waals surface area contributed by atoms with Crippen LogP contribution < -0.4 is 0 Å². The van der Waals surface area contributed by atoms with E-state index in [-0.39, 0.29) is 0 Å². The van der Waals surface area contributed by atoms with Crippen molar-refractivity contribution >= 4 is 152 Å². The maximum atomic E-state index is 6.60. The Labute approximate surface area is 573 Å². The molecule has 4 aromatic heterocycles. The summed E-state index contributed by atoms with van der Waals surface area (Å²) in [5.41, 5.74) is 21.2. The average molecular weight is 1270 g/mol. The van der Waals surface area contributed by atoms with Crippen LogP contribution in [0.15, 0.2) is 357 Å². The highest BCUT2D eigenvalue weighted by molar-refractivity contribution is 6.26. The highest BCUT2D eigenvalue weighted by Gasteiger charge is 2.24. The highest BCUT2D eigenvalue weighted by atomic mass is 16.3. The number of para-hydroxylation sites is 6.